The molecule has 0 radical (unpaired) electrons. The minimum atomic E-state index is -4.51. The SMILES string of the molecule is Cc1c(N2CCN(CC3CC=C(C(F)(F)F)O3)CC2)c(=O)n(C[C@H](O[Si](C)(C)C(C)(C)C)c2ccccc2)c(=O)n1Cc1ccccc1F. The zero-order chi connectivity index (χ0) is 35.7. The van der Waals surface area contributed by atoms with Crippen LogP contribution in [0.4, 0.5) is 23.2 Å². The highest BCUT2D eigenvalue weighted by Gasteiger charge is 2.41. The molecule has 0 bridgehead atoms. The maximum absolute atomic E-state index is 14.9. The number of hydrogen-bond acceptors (Lipinski definition) is 6. The molecule has 1 fully saturated rings. The predicted octanol–water partition coefficient (Wildman–Crippen LogP) is 6.63. The van der Waals surface area contributed by atoms with Gasteiger partial charge in [-0.1, -0.05) is 69.3 Å². The lowest BCUT2D eigenvalue weighted by molar-refractivity contribution is -0.135. The zero-order valence-electron chi connectivity index (χ0n) is 29.0. The normalized spacial score (nSPS) is 18.4. The summed E-state index contributed by atoms with van der Waals surface area (Å²) < 4.78 is 68.9. The molecule has 5 rings (SSSR count). The van der Waals surface area contributed by atoms with E-state index < -0.39 is 49.5 Å². The van der Waals surface area contributed by atoms with Crippen molar-refractivity contribution in [3.05, 3.63) is 110 Å². The van der Waals surface area contributed by atoms with E-state index in [-0.39, 0.29) is 24.5 Å². The van der Waals surface area contributed by atoms with Gasteiger partial charge in [0.2, 0.25) is 0 Å². The lowest BCUT2D eigenvalue weighted by Gasteiger charge is -2.40. The minimum absolute atomic E-state index is 0.0355. The van der Waals surface area contributed by atoms with Crippen molar-refractivity contribution < 1.29 is 26.7 Å². The van der Waals surface area contributed by atoms with E-state index in [0.717, 1.165) is 11.6 Å². The number of anilines is 1. The van der Waals surface area contributed by atoms with E-state index in [2.05, 4.69) is 33.9 Å². The van der Waals surface area contributed by atoms with Crippen molar-refractivity contribution in [2.75, 3.05) is 37.6 Å². The highest BCUT2D eigenvalue weighted by atomic mass is 28.4. The van der Waals surface area contributed by atoms with Crippen molar-refractivity contribution in [2.45, 2.75) is 83.7 Å². The summed E-state index contributed by atoms with van der Waals surface area (Å²) in [6.45, 7) is 14.3. The molecule has 3 aromatic rings. The summed E-state index contributed by atoms with van der Waals surface area (Å²) in [5, 5.41) is -0.137. The van der Waals surface area contributed by atoms with Crippen molar-refractivity contribution in [2.24, 2.45) is 0 Å². The van der Waals surface area contributed by atoms with Crippen LogP contribution < -0.4 is 16.1 Å². The number of piperazine rings is 1. The molecule has 2 aromatic carbocycles. The second-order valence-corrected chi connectivity index (χ2v) is 19.2. The molecule has 2 atom stereocenters. The van der Waals surface area contributed by atoms with Gasteiger partial charge in [0.05, 0.1) is 19.2 Å². The molecule has 2 aliphatic rings. The summed E-state index contributed by atoms with van der Waals surface area (Å²) >= 11 is 0. The molecule has 1 saturated heterocycles. The molecule has 0 saturated carbocycles. The van der Waals surface area contributed by atoms with Gasteiger partial charge in [0.25, 0.3) is 5.56 Å². The lowest BCUT2D eigenvalue weighted by atomic mass is 10.1. The summed E-state index contributed by atoms with van der Waals surface area (Å²) in [5.74, 6) is -1.40. The van der Waals surface area contributed by atoms with Gasteiger partial charge in [-0.3, -0.25) is 18.8 Å². The number of alkyl halides is 3. The molecule has 0 spiro atoms. The zero-order valence-corrected chi connectivity index (χ0v) is 30.0. The average Bonchev–Trinajstić information content (AvgIpc) is 3.52. The van der Waals surface area contributed by atoms with E-state index in [4.69, 9.17) is 9.16 Å². The van der Waals surface area contributed by atoms with Crippen molar-refractivity contribution in [1.82, 2.24) is 14.0 Å². The van der Waals surface area contributed by atoms with Crippen LogP contribution in [0.5, 0.6) is 0 Å². The number of rotatable bonds is 10. The molecule has 13 heteroatoms. The van der Waals surface area contributed by atoms with Gasteiger partial charge in [-0.25, -0.2) is 9.18 Å². The first-order valence-electron chi connectivity index (χ1n) is 16.7. The minimum Gasteiger partial charge on any atom is -0.484 e. The number of hydrogen-bond donors (Lipinski definition) is 0. The van der Waals surface area contributed by atoms with Crippen LogP contribution in [0.1, 0.15) is 50.1 Å². The van der Waals surface area contributed by atoms with Gasteiger partial charge in [0, 0.05) is 50.4 Å². The Labute approximate surface area is 285 Å². The van der Waals surface area contributed by atoms with Crippen molar-refractivity contribution in [3.63, 3.8) is 0 Å². The highest BCUT2D eigenvalue weighted by Crippen LogP contribution is 2.40. The van der Waals surface area contributed by atoms with Gasteiger partial charge in [-0.2, -0.15) is 13.2 Å². The van der Waals surface area contributed by atoms with Crippen molar-refractivity contribution >= 4 is 14.0 Å². The van der Waals surface area contributed by atoms with Crippen molar-refractivity contribution in [3.8, 4) is 0 Å². The quantitative estimate of drug-likeness (QED) is 0.175. The summed E-state index contributed by atoms with van der Waals surface area (Å²) in [6.07, 6.45) is -4.43. The van der Waals surface area contributed by atoms with Gasteiger partial charge in [-0.15, -0.1) is 0 Å². The lowest BCUT2D eigenvalue weighted by Crippen LogP contribution is -2.52. The largest absolute Gasteiger partial charge is 0.484 e. The van der Waals surface area contributed by atoms with Gasteiger partial charge in [0.1, 0.15) is 17.6 Å². The predicted molar refractivity (Wildman–Crippen MR) is 185 cm³/mol. The maximum atomic E-state index is 14.9. The fourth-order valence-corrected chi connectivity index (χ4v) is 7.40. The molecular formula is C36H46F4N4O4Si. The number of halogens is 4. The third-order valence-corrected chi connectivity index (χ3v) is 14.5. The Morgan fingerprint density at radius 2 is 1.57 bits per heavy atom. The molecule has 8 nitrogen and oxygen atoms in total. The van der Waals surface area contributed by atoms with E-state index in [9.17, 15) is 27.2 Å². The molecule has 2 aliphatic heterocycles. The Hall–Kier alpha value is -3.68. The Morgan fingerprint density at radius 1 is 0.939 bits per heavy atom. The fraction of sp³-hybridized carbons (Fsp3) is 0.500. The molecule has 0 aliphatic carbocycles. The van der Waals surface area contributed by atoms with E-state index in [1.807, 2.05) is 40.1 Å². The van der Waals surface area contributed by atoms with Gasteiger partial charge in [0.15, 0.2) is 14.1 Å². The Kier molecular flexibility index (Phi) is 10.7. The second-order valence-electron chi connectivity index (χ2n) is 14.4. The maximum Gasteiger partial charge on any atom is 0.448 e. The molecule has 266 valence electrons. The standard InChI is InChI=1S/C36H46F4N4O4Si/c1-25-32(42-20-18-41(19-21-42)23-28-16-17-31(47-28)36(38,39)40)33(45)44(34(46)43(25)22-27-14-10-11-15-29(27)37)24-30(26-12-8-7-9-13-26)48-49(5,6)35(2,3)4/h7-15,17,28,30H,16,18-24H2,1-6H3/t28?,30-/m0/s1. The summed E-state index contributed by atoms with van der Waals surface area (Å²) in [5.41, 5.74) is 0.898. The Morgan fingerprint density at radius 3 is 2.16 bits per heavy atom. The molecule has 49 heavy (non-hydrogen) atoms. The van der Waals surface area contributed by atoms with Crippen molar-refractivity contribution in [1.29, 1.82) is 0 Å². The fourth-order valence-electron chi connectivity index (χ4n) is 6.12. The average molecular weight is 703 g/mol. The first kappa shape index (κ1) is 36.6. The number of aromatic nitrogens is 2. The molecule has 1 unspecified atom stereocenters. The van der Waals surface area contributed by atoms with Crippen LogP contribution in [0.15, 0.2) is 76.0 Å². The third kappa shape index (κ3) is 8.21. The van der Waals surface area contributed by atoms with E-state index in [1.165, 1.54) is 15.2 Å². The van der Waals surface area contributed by atoms with Crippen LogP contribution in [-0.4, -0.2) is 67.4 Å². The summed E-state index contributed by atoms with van der Waals surface area (Å²) in [6, 6.07) is 15.8. The second kappa shape index (κ2) is 14.3. The van der Waals surface area contributed by atoms with Gasteiger partial charge < -0.3 is 14.1 Å². The number of benzene rings is 2. The molecule has 0 N–H and O–H groups in total. The van der Waals surface area contributed by atoms with Crippen LogP contribution in [-0.2, 0) is 22.3 Å². The molecule has 0 amide bonds. The first-order chi connectivity index (χ1) is 23.0. The number of ether oxygens (including phenoxy) is 1. The van der Waals surface area contributed by atoms with Crippen LogP contribution in [0.3, 0.4) is 0 Å². The topological polar surface area (TPSA) is 68.9 Å². The number of nitrogens with zero attached hydrogens (tertiary/aromatic N) is 4. The van der Waals surface area contributed by atoms with Crippen LogP contribution >= 0.6 is 0 Å². The van der Waals surface area contributed by atoms with E-state index in [1.54, 1.807) is 25.1 Å². The smallest absolute Gasteiger partial charge is 0.448 e. The molecule has 1 aromatic heterocycles. The van der Waals surface area contributed by atoms with Crippen LogP contribution in [0, 0.1) is 12.7 Å². The summed E-state index contributed by atoms with van der Waals surface area (Å²) in [4.78, 5) is 32.7. The van der Waals surface area contributed by atoms with Crippen LogP contribution in [0.25, 0.3) is 0 Å². The van der Waals surface area contributed by atoms with Gasteiger partial charge >= 0.3 is 11.9 Å². The highest BCUT2D eigenvalue weighted by molar-refractivity contribution is 6.74. The number of allylic oxidation sites excluding steroid dienone is 1. The first-order valence-corrected chi connectivity index (χ1v) is 19.6. The summed E-state index contributed by atoms with van der Waals surface area (Å²) in [7, 11) is -2.38. The third-order valence-electron chi connectivity index (χ3n) is 10.00. The molecular weight excluding hydrogens is 656 g/mol. The Bertz CT molecular complexity index is 1770. The van der Waals surface area contributed by atoms with Gasteiger partial charge in [-0.05, 0) is 42.8 Å². The van der Waals surface area contributed by atoms with Crippen LogP contribution in [0.2, 0.25) is 18.1 Å². The van der Waals surface area contributed by atoms with E-state index in [0.29, 0.717) is 49.7 Å². The Balaban J connectivity index is 1.49. The molecule has 3 heterocycles. The monoisotopic (exact) mass is 702 g/mol. The van der Waals surface area contributed by atoms with E-state index >= 15 is 0 Å².